The zero-order chi connectivity index (χ0) is 15.0. The SMILES string of the molecule is CCC1(C)OCC(C(O)C(O)C2COC(C)(CC)O2)O1. The van der Waals surface area contributed by atoms with Gasteiger partial charge in [-0.15, -0.1) is 0 Å². The molecule has 6 nitrogen and oxygen atoms in total. The fourth-order valence-corrected chi connectivity index (χ4v) is 2.44. The highest BCUT2D eigenvalue weighted by Crippen LogP contribution is 2.32. The minimum absolute atomic E-state index is 0.265. The lowest BCUT2D eigenvalue weighted by atomic mass is 10.0. The average Bonchev–Trinajstić information content (AvgIpc) is 3.03. The lowest BCUT2D eigenvalue weighted by Gasteiger charge is -2.28. The van der Waals surface area contributed by atoms with E-state index in [1.54, 1.807) is 0 Å². The molecule has 0 aromatic rings. The second-order valence-electron chi connectivity index (χ2n) is 5.89. The maximum Gasteiger partial charge on any atom is 0.166 e. The van der Waals surface area contributed by atoms with E-state index in [1.807, 2.05) is 27.7 Å². The van der Waals surface area contributed by atoms with Gasteiger partial charge in [-0.1, -0.05) is 13.8 Å². The van der Waals surface area contributed by atoms with Crippen LogP contribution in [-0.4, -0.2) is 59.4 Å². The third-order valence-corrected chi connectivity index (χ3v) is 4.30. The number of hydrogen-bond acceptors (Lipinski definition) is 6. The molecule has 2 aliphatic rings. The monoisotopic (exact) mass is 290 g/mol. The number of hydrogen-bond donors (Lipinski definition) is 2. The summed E-state index contributed by atoms with van der Waals surface area (Å²) in [5, 5.41) is 20.5. The van der Waals surface area contributed by atoms with E-state index in [0.717, 1.165) is 0 Å². The topological polar surface area (TPSA) is 77.4 Å². The van der Waals surface area contributed by atoms with Gasteiger partial charge in [0.25, 0.3) is 0 Å². The molecule has 0 aromatic heterocycles. The molecular formula is C14H26O6. The third-order valence-electron chi connectivity index (χ3n) is 4.30. The van der Waals surface area contributed by atoms with Crippen LogP contribution in [-0.2, 0) is 18.9 Å². The van der Waals surface area contributed by atoms with Gasteiger partial charge in [-0.2, -0.15) is 0 Å². The van der Waals surface area contributed by atoms with Crippen molar-refractivity contribution in [2.75, 3.05) is 13.2 Å². The zero-order valence-corrected chi connectivity index (χ0v) is 12.7. The second kappa shape index (κ2) is 5.87. The summed E-state index contributed by atoms with van der Waals surface area (Å²) in [6.07, 6.45) is -1.85. The van der Waals surface area contributed by atoms with Crippen LogP contribution in [0.3, 0.4) is 0 Å². The van der Waals surface area contributed by atoms with Crippen molar-refractivity contribution in [2.45, 2.75) is 76.5 Å². The molecule has 0 spiro atoms. The summed E-state index contributed by atoms with van der Waals surface area (Å²) < 4.78 is 22.4. The smallest absolute Gasteiger partial charge is 0.166 e. The van der Waals surface area contributed by atoms with Crippen molar-refractivity contribution in [3.05, 3.63) is 0 Å². The molecule has 6 unspecified atom stereocenters. The molecule has 0 amide bonds. The van der Waals surface area contributed by atoms with Crippen molar-refractivity contribution in [3.8, 4) is 0 Å². The van der Waals surface area contributed by atoms with Crippen LogP contribution in [0.5, 0.6) is 0 Å². The quantitative estimate of drug-likeness (QED) is 0.779. The normalized spacial score (nSPS) is 44.7. The molecule has 2 saturated heterocycles. The minimum atomic E-state index is -1.06. The fourth-order valence-electron chi connectivity index (χ4n) is 2.44. The maximum absolute atomic E-state index is 10.3. The number of aliphatic hydroxyl groups excluding tert-OH is 2. The molecule has 0 aromatic carbocycles. The number of rotatable bonds is 5. The van der Waals surface area contributed by atoms with Crippen molar-refractivity contribution in [1.82, 2.24) is 0 Å². The first-order valence-electron chi connectivity index (χ1n) is 7.32. The number of aliphatic hydroxyl groups is 2. The Morgan fingerprint density at radius 1 is 0.900 bits per heavy atom. The molecule has 6 atom stereocenters. The molecule has 2 aliphatic heterocycles. The molecule has 6 heteroatoms. The summed E-state index contributed by atoms with van der Waals surface area (Å²) >= 11 is 0. The predicted molar refractivity (Wildman–Crippen MR) is 71.1 cm³/mol. The Balaban J connectivity index is 1.92. The van der Waals surface area contributed by atoms with Gasteiger partial charge in [0, 0.05) is 0 Å². The Labute approximate surface area is 120 Å². The zero-order valence-electron chi connectivity index (χ0n) is 12.7. The van der Waals surface area contributed by atoms with Crippen LogP contribution in [0.4, 0.5) is 0 Å². The summed E-state index contributed by atoms with van der Waals surface area (Å²) in [4.78, 5) is 0. The average molecular weight is 290 g/mol. The molecule has 2 rings (SSSR count). The van der Waals surface area contributed by atoms with Gasteiger partial charge in [-0.25, -0.2) is 0 Å². The lowest BCUT2D eigenvalue weighted by molar-refractivity contribution is -0.194. The highest BCUT2D eigenvalue weighted by Gasteiger charge is 2.46. The van der Waals surface area contributed by atoms with Gasteiger partial charge in [0.2, 0.25) is 0 Å². The van der Waals surface area contributed by atoms with Crippen molar-refractivity contribution in [1.29, 1.82) is 0 Å². The van der Waals surface area contributed by atoms with Crippen LogP contribution in [0.1, 0.15) is 40.5 Å². The maximum atomic E-state index is 10.3. The molecule has 0 radical (unpaired) electrons. The van der Waals surface area contributed by atoms with Crippen molar-refractivity contribution in [2.24, 2.45) is 0 Å². The van der Waals surface area contributed by atoms with E-state index in [1.165, 1.54) is 0 Å². The van der Waals surface area contributed by atoms with E-state index >= 15 is 0 Å². The van der Waals surface area contributed by atoms with E-state index < -0.39 is 36.0 Å². The van der Waals surface area contributed by atoms with Crippen LogP contribution < -0.4 is 0 Å². The van der Waals surface area contributed by atoms with E-state index in [4.69, 9.17) is 18.9 Å². The van der Waals surface area contributed by atoms with Crippen molar-refractivity contribution >= 4 is 0 Å². The predicted octanol–water partition coefficient (Wildman–Crippen LogP) is 0.791. The van der Waals surface area contributed by atoms with Crippen LogP contribution in [0.2, 0.25) is 0 Å². The van der Waals surface area contributed by atoms with Gasteiger partial charge in [0.05, 0.1) is 13.2 Å². The van der Waals surface area contributed by atoms with Crippen LogP contribution >= 0.6 is 0 Å². The van der Waals surface area contributed by atoms with E-state index in [9.17, 15) is 10.2 Å². The lowest BCUT2D eigenvalue weighted by Crippen LogP contribution is -2.47. The molecule has 20 heavy (non-hydrogen) atoms. The van der Waals surface area contributed by atoms with Crippen LogP contribution in [0.15, 0.2) is 0 Å². The van der Waals surface area contributed by atoms with Crippen LogP contribution in [0.25, 0.3) is 0 Å². The van der Waals surface area contributed by atoms with Gasteiger partial charge < -0.3 is 29.2 Å². The first kappa shape index (κ1) is 16.1. The van der Waals surface area contributed by atoms with E-state index in [-0.39, 0.29) is 13.2 Å². The fraction of sp³-hybridized carbons (Fsp3) is 1.00. The second-order valence-corrected chi connectivity index (χ2v) is 5.89. The summed E-state index contributed by atoms with van der Waals surface area (Å²) in [5.41, 5.74) is 0. The third kappa shape index (κ3) is 3.16. The molecule has 118 valence electrons. The molecule has 2 fully saturated rings. The van der Waals surface area contributed by atoms with Crippen molar-refractivity contribution in [3.63, 3.8) is 0 Å². The Morgan fingerprint density at radius 3 is 1.50 bits per heavy atom. The highest BCUT2D eigenvalue weighted by atomic mass is 16.8. The first-order valence-corrected chi connectivity index (χ1v) is 7.32. The Kier molecular flexibility index (Phi) is 4.73. The minimum Gasteiger partial charge on any atom is -0.387 e. The molecular weight excluding hydrogens is 264 g/mol. The van der Waals surface area contributed by atoms with Gasteiger partial charge in [0.15, 0.2) is 11.6 Å². The Morgan fingerprint density at radius 2 is 1.25 bits per heavy atom. The Hall–Kier alpha value is -0.240. The number of ether oxygens (including phenoxy) is 4. The van der Waals surface area contributed by atoms with Gasteiger partial charge in [-0.05, 0) is 26.7 Å². The van der Waals surface area contributed by atoms with E-state index in [0.29, 0.717) is 12.8 Å². The van der Waals surface area contributed by atoms with Gasteiger partial charge in [0.1, 0.15) is 24.4 Å². The summed E-state index contributed by atoms with van der Waals surface area (Å²) in [7, 11) is 0. The molecule has 2 N–H and O–H groups in total. The summed E-state index contributed by atoms with van der Waals surface area (Å²) in [6, 6.07) is 0. The first-order chi connectivity index (χ1) is 9.32. The van der Waals surface area contributed by atoms with Gasteiger partial charge in [-0.3, -0.25) is 0 Å². The summed E-state index contributed by atoms with van der Waals surface area (Å²) in [6.45, 7) is 8.09. The molecule has 2 heterocycles. The Bertz CT molecular complexity index is 306. The molecule has 0 aliphatic carbocycles. The van der Waals surface area contributed by atoms with Gasteiger partial charge >= 0.3 is 0 Å². The molecule has 0 bridgehead atoms. The highest BCUT2D eigenvalue weighted by molar-refractivity contribution is 4.89. The van der Waals surface area contributed by atoms with E-state index in [2.05, 4.69) is 0 Å². The largest absolute Gasteiger partial charge is 0.387 e. The van der Waals surface area contributed by atoms with Crippen LogP contribution in [0, 0.1) is 0 Å². The summed E-state index contributed by atoms with van der Waals surface area (Å²) in [5.74, 6) is -1.37. The molecule has 0 saturated carbocycles. The van der Waals surface area contributed by atoms with Crippen molar-refractivity contribution < 1.29 is 29.2 Å². The standard InChI is InChI=1S/C14H26O6/c1-5-13(3)17-7-9(19-13)11(15)12(16)10-8-18-14(4,6-2)20-10/h9-12,15-16H,5-8H2,1-4H3.